The first kappa shape index (κ1) is 14.4. The predicted octanol–water partition coefficient (Wildman–Crippen LogP) is 4.50. The van der Waals surface area contributed by atoms with Gasteiger partial charge in [0.25, 0.3) is 0 Å². The second-order valence-corrected chi connectivity index (χ2v) is 3.76. The van der Waals surface area contributed by atoms with E-state index in [2.05, 4.69) is 38.2 Å². The molecular weight excluding hydrogens is 184 g/mol. The standard InChI is InChI=1S/C14H26O/c1-3-5-7-9-11-13-15-14-12-10-8-6-4-2/h9-12H,3-8,13-14H2,1-2H3. The highest BCUT2D eigenvalue weighted by molar-refractivity contribution is 4.84. The number of rotatable bonds is 10. The molecule has 0 saturated heterocycles. The van der Waals surface area contributed by atoms with Gasteiger partial charge in [-0.25, -0.2) is 0 Å². The number of ether oxygens (including phenoxy) is 1. The minimum absolute atomic E-state index is 0.752. The minimum atomic E-state index is 0.752. The van der Waals surface area contributed by atoms with E-state index in [0.29, 0.717) is 0 Å². The van der Waals surface area contributed by atoms with E-state index in [0.717, 1.165) is 13.2 Å². The lowest BCUT2D eigenvalue weighted by Crippen LogP contribution is -1.90. The van der Waals surface area contributed by atoms with Gasteiger partial charge in [-0.1, -0.05) is 63.8 Å². The zero-order chi connectivity index (χ0) is 11.2. The maximum absolute atomic E-state index is 5.42. The third kappa shape index (κ3) is 13.4. The van der Waals surface area contributed by atoms with Crippen molar-refractivity contribution in [2.75, 3.05) is 13.2 Å². The Morgan fingerprint density at radius 2 is 1.20 bits per heavy atom. The first-order valence-corrected chi connectivity index (χ1v) is 6.29. The van der Waals surface area contributed by atoms with Crippen LogP contribution in [0.1, 0.15) is 52.4 Å². The summed E-state index contributed by atoms with van der Waals surface area (Å²) in [5.41, 5.74) is 0. The Morgan fingerprint density at radius 1 is 0.733 bits per heavy atom. The Bertz CT molecular complexity index is 141. The second-order valence-electron chi connectivity index (χ2n) is 3.76. The highest BCUT2D eigenvalue weighted by Gasteiger charge is 1.81. The maximum Gasteiger partial charge on any atom is 0.0651 e. The number of hydrogen-bond donors (Lipinski definition) is 0. The van der Waals surface area contributed by atoms with Crippen LogP contribution in [0.5, 0.6) is 0 Å². The summed E-state index contributed by atoms with van der Waals surface area (Å²) in [6, 6.07) is 0. The summed E-state index contributed by atoms with van der Waals surface area (Å²) in [6.07, 6.45) is 16.1. The first-order valence-electron chi connectivity index (χ1n) is 6.29. The summed E-state index contributed by atoms with van der Waals surface area (Å²) < 4.78 is 5.42. The van der Waals surface area contributed by atoms with Crippen molar-refractivity contribution in [2.45, 2.75) is 52.4 Å². The molecule has 15 heavy (non-hydrogen) atoms. The van der Waals surface area contributed by atoms with Crippen LogP contribution in [0, 0.1) is 0 Å². The van der Waals surface area contributed by atoms with Crippen LogP contribution < -0.4 is 0 Å². The highest BCUT2D eigenvalue weighted by Crippen LogP contribution is 1.96. The Hall–Kier alpha value is -0.560. The van der Waals surface area contributed by atoms with E-state index in [1.54, 1.807) is 0 Å². The Kier molecular flexibility index (Phi) is 12.9. The van der Waals surface area contributed by atoms with Crippen molar-refractivity contribution in [3.05, 3.63) is 24.3 Å². The molecule has 0 N–H and O–H groups in total. The molecule has 0 aromatic carbocycles. The fourth-order valence-corrected chi connectivity index (χ4v) is 1.22. The Balaban J connectivity index is 3.10. The molecule has 0 heterocycles. The normalized spacial score (nSPS) is 11.9. The van der Waals surface area contributed by atoms with Gasteiger partial charge in [0.05, 0.1) is 13.2 Å². The van der Waals surface area contributed by atoms with Crippen LogP contribution in [0.4, 0.5) is 0 Å². The third-order valence-electron chi connectivity index (χ3n) is 2.21. The molecule has 88 valence electrons. The molecule has 0 spiro atoms. The van der Waals surface area contributed by atoms with Gasteiger partial charge in [0.15, 0.2) is 0 Å². The minimum Gasteiger partial charge on any atom is -0.373 e. The van der Waals surface area contributed by atoms with E-state index >= 15 is 0 Å². The van der Waals surface area contributed by atoms with Crippen molar-refractivity contribution in [3.8, 4) is 0 Å². The van der Waals surface area contributed by atoms with Crippen molar-refractivity contribution in [1.82, 2.24) is 0 Å². The number of unbranched alkanes of at least 4 members (excludes halogenated alkanes) is 4. The van der Waals surface area contributed by atoms with E-state index in [1.165, 1.54) is 38.5 Å². The monoisotopic (exact) mass is 210 g/mol. The second kappa shape index (κ2) is 13.4. The molecule has 0 aliphatic heterocycles. The van der Waals surface area contributed by atoms with Crippen molar-refractivity contribution >= 4 is 0 Å². The molecule has 0 fully saturated rings. The average molecular weight is 210 g/mol. The van der Waals surface area contributed by atoms with Crippen LogP contribution in [0.3, 0.4) is 0 Å². The molecule has 0 aromatic rings. The fourth-order valence-electron chi connectivity index (χ4n) is 1.22. The largest absolute Gasteiger partial charge is 0.373 e. The quantitative estimate of drug-likeness (QED) is 0.381. The van der Waals surface area contributed by atoms with Gasteiger partial charge in [-0.3, -0.25) is 0 Å². The third-order valence-corrected chi connectivity index (χ3v) is 2.21. The summed E-state index contributed by atoms with van der Waals surface area (Å²) in [7, 11) is 0. The highest BCUT2D eigenvalue weighted by atomic mass is 16.5. The average Bonchev–Trinajstić information content (AvgIpc) is 2.26. The van der Waals surface area contributed by atoms with Gasteiger partial charge < -0.3 is 4.74 Å². The summed E-state index contributed by atoms with van der Waals surface area (Å²) >= 11 is 0. The smallest absolute Gasteiger partial charge is 0.0651 e. The zero-order valence-electron chi connectivity index (χ0n) is 10.4. The molecule has 0 aromatic heterocycles. The van der Waals surface area contributed by atoms with E-state index in [1.807, 2.05) is 0 Å². The van der Waals surface area contributed by atoms with Crippen molar-refractivity contribution in [2.24, 2.45) is 0 Å². The lowest BCUT2D eigenvalue weighted by Gasteiger charge is -1.95. The van der Waals surface area contributed by atoms with Crippen molar-refractivity contribution < 1.29 is 4.74 Å². The first-order chi connectivity index (χ1) is 7.41. The SMILES string of the molecule is CCCCC=CCOCC=CCCCC. The molecule has 0 radical (unpaired) electrons. The molecule has 0 aliphatic carbocycles. The molecule has 0 amide bonds. The van der Waals surface area contributed by atoms with Crippen molar-refractivity contribution in [1.29, 1.82) is 0 Å². The van der Waals surface area contributed by atoms with Crippen LogP contribution in [0.25, 0.3) is 0 Å². The summed E-state index contributed by atoms with van der Waals surface area (Å²) in [6.45, 7) is 5.93. The molecule has 0 aliphatic rings. The molecule has 0 atom stereocenters. The maximum atomic E-state index is 5.42. The number of hydrogen-bond acceptors (Lipinski definition) is 1. The van der Waals surface area contributed by atoms with Gasteiger partial charge in [-0.15, -0.1) is 0 Å². The fraction of sp³-hybridized carbons (Fsp3) is 0.714. The lowest BCUT2D eigenvalue weighted by atomic mass is 10.2. The van der Waals surface area contributed by atoms with Crippen LogP contribution >= 0.6 is 0 Å². The van der Waals surface area contributed by atoms with Gasteiger partial charge in [0, 0.05) is 0 Å². The molecule has 0 saturated carbocycles. The molecule has 0 rings (SSSR count). The van der Waals surface area contributed by atoms with E-state index in [-0.39, 0.29) is 0 Å². The van der Waals surface area contributed by atoms with Crippen molar-refractivity contribution in [3.63, 3.8) is 0 Å². The summed E-state index contributed by atoms with van der Waals surface area (Å²) in [5.74, 6) is 0. The van der Waals surface area contributed by atoms with Gasteiger partial charge in [-0.05, 0) is 12.8 Å². The van der Waals surface area contributed by atoms with E-state index in [9.17, 15) is 0 Å². The lowest BCUT2D eigenvalue weighted by molar-refractivity contribution is 0.193. The van der Waals surface area contributed by atoms with E-state index < -0.39 is 0 Å². The molecule has 0 bridgehead atoms. The molecular formula is C14H26O. The van der Waals surface area contributed by atoms with Gasteiger partial charge in [-0.2, -0.15) is 0 Å². The van der Waals surface area contributed by atoms with Gasteiger partial charge in [0.2, 0.25) is 0 Å². The summed E-state index contributed by atoms with van der Waals surface area (Å²) in [5, 5.41) is 0. The van der Waals surface area contributed by atoms with E-state index in [4.69, 9.17) is 4.74 Å². The Morgan fingerprint density at radius 3 is 1.60 bits per heavy atom. The molecule has 0 unspecified atom stereocenters. The molecule has 1 heteroatoms. The van der Waals surface area contributed by atoms with Gasteiger partial charge >= 0.3 is 0 Å². The van der Waals surface area contributed by atoms with Gasteiger partial charge in [0.1, 0.15) is 0 Å². The topological polar surface area (TPSA) is 9.23 Å². The van der Waals surface area contributed by atoms with Crippen LogP contribution in [-0.2, 0) is 4.74 Å². The predicted molar refractivity (Wildman–Crippen MR) is 68.1 cm³/mol. The zero-order valence-corrected chi connectivity index (χ0v) is 10.4. The van der Waals surface area contributed by atoms with Crippen LogP contribution in [0.15, 0.2) is 24.3 Å². The number of allylic oxidation sites excluding steroid dienone is 2. The van der Waals surface area contributed by atoms with Crippen LogP contribution in [0.2, 0.25) is 0 Å². The Labute approximate surface area is 95.2 Å². The van der Waals surface area contributed by atoms with Crippen LogP contribution in [-0.4, -0.2) is 13.2 Å². The summed E-state index contributed by atoms with van der Waals surface area (Å²) in [4.78, 5) is 0. The molecule has 1 nitrogen and oxygen atoms in total.